The Kier molecular flexibility index (Phi) is 5.61. The van der Waals surface area contributed by atoms with E-state index in [9.17, 15) is 4.39 Å². The first-order valence-electron chi connectivity index (χ1n) is 15.6. The zero-order valence-corrected chi connectivity index (χ0v) is 24.6. The lowest BCUT2D eigenvalue weighted by Gasteiger charge is -2.49. The molecule has 0 nitrogen and oxygen atoms in total. The van der Waals surface area contributed by atoms with E-state index in [0.717, 1.165) is 11.1 Å². The first-order chi connectivity index (χ1) is 22.2. The van der Waals surface area contributed by atoms with Crippen LogP contribution in [0.5, 0.6) is 0 Å². The monoisotopic (exact) mass is 576 g/mol. The van der Waals surface area contributed by atoms with Crippen LogP contribution in [0.4, 0.5) is 4.39 Å². The predicted octanol–water partition coefficient (Wildman–Crippen LogP) is 10.6. The third kappa shape index (κ3) is 3.41. The summed E-state index contributed by atoms with van der Waals surface area (Å²) in [5.41, 5.74) is 13.8. The molecule has 0 radical (unpaired) electrons. The summed E-state index contributed by atoms with van der Waals surface area (Å²) in [6.45, 7) is 0. The minimum absolute atomic E-state index is 0.228. The molecule has 45 heavy (non-hydrogen) atoms. The molecular formula is C44H29F. The molecule has 2 aliphatic carbocycles. The molecule has 0 fully saturated rings. The highest BCUT2D eigenvalue weighted by atomic mass is 19.1. The third-order valence-electron chi connectivity index (χ3n) is 10.1. The number of rotatable bonds is 4. The Balaban J connectivity index is 1.47. The standard InChI is InChI=1S/C44H29F/c45-35-27-25-30(26-28-35)31-13-11-18-34(29-31)43(32-14-3-1-4-15-32)39-22-9-10-23-40(39)44(33-16-5-2-6-17-33)38-21-8-7-19-36(38)37-20-12-24-41(43)42(37)44/h1-29H. The van der Waals surface area contributed by atoms with Crippen molar-refractivity contribution in [2.75, 3.05) is 0 Å². The smallest absolute Gasteiger partial charge is 0.123 e. The van der Waals surface area contributed by atoms with Crippen molar-refractivity contribution in [3.8, 4) is 22.3 Å². The van der Waals surface area contributed by atoms with E-state index in [1.54, 1.807) is 12.1 Å². The molecule has 0 N–H and O–H groups in total. The van der Waals surface area contributed by atoms with Crippen LogP contribution in [-0.4, -0.2) is 0 Å². The van der Waals surface area contributed by atoms with Gasteiger partial charge in [-0.1, -0.05) is 158 Å². The average Bonchev–Trinajstić information content (AvgIpc) is 3.42. The molecule has 0 spiro atoms. The molecule has 1 heteroatoms. The molecule has 0 amide bonds. The predicted molar refractivity (Wildman–Crippen MR) is 181 cm³/mol. The lowest BCUT2D eigenvalue weighted by Crippen LogP contribution is -2.44. The zero-order chi connectivity index (χ0) is 30.0. The number of hydrogen-bond acceptors (Lipinski definition) is 0. The normalized spacial score (nSPS) is 19.0. The molecule has 7 aromatic carbocycles. The quantitative estimate of drug-likeness (QED) is 0.196. The molecule has 212 valence electrons. The average molecular weight is 577 g/mol. The maximum Gasteiger partial charge on any atom is 0.123 e. The van der Waals surface area contributed by atoms with Crippen LogP contribution in [0, 0.1) is 5.82 Å². The van der Waals surface area contributed by atoms with Crippen molar-refractivity contribution in [2.24, 2.45) is 0 Å². The number of fused-ring (bicyclic) bond motifs is 5. The van der Waals surface area contributed by atoms with Gasteiger partial charge in [-0.15, -0.1) is 0 Å². The van der Waals surface area contributed by atoms with Crippen LogP contribution < -0.4 is 0 Å². The summed E-state index contributed by atoms with van der Waals surface area (Å²) in [5.74, 6) is -0.228. The number of halogens is 1. The molecule has 2 atom stereocenters. The van der Waals surface area contributed by atoms with Gasteiger partial charge in [-0.3, -0.25) is 0 Å². The molecule has 7 aromatic rings. The van der Waals surface area contributed by atoms with Gasteiger partial charge in [-0.25, -0.2) is 4.39 Å². The van der Waals surface area contributed by atoms with Gasteiger partial charge >= 0.3 is 0 Å². The Morgan fingerprint density at radius 1 is 0.333 bits per heavy atom. The number of hydrogen-bond donors (Lipinski definition) is 0. The Labute approximate surface area is 263 Å². The van der Waals surface area contributed by atoms with E-state index in [0.29, 0.717) is 0 Å². The highest BCUT2D eigenvalue weighted by Crippen LogP contribution is 2.65. The van der Waals surface area contributed by atoms with Gasteiger partial charge in [0.2, 0.25) is 0 Å². The van der Waals surface area contributed by atoms with Crippen molar-refractivity contribution in [1.82, 2.24) is 0 Å². The largest absolute Gasteiger partial charge is 0.207 e. The zero-order valence-electron chi connectivity index (χ0n) is 24.6. The van der Waals surface area contributed by atoms with Crippen molar-refractivity contribution in [3.63, 3.8) is 0 Å². The summed E-state index contributed by atoms with van der Waals surface area (Å²) in [6, 6.07) is 62.6. The van der Waals surface area contributed by atoms with Crippen molar-refractivity contribution in [2.45, 2.75) is 10.8 Å². The van der Waals surface area contributed by atoms with E-state index >= 15 is 0 Å². The van der Waals surface area contributed by atoms with Crippen LogP contribution in [0.3, 0.4) is 0 Å². The molecule has 0 saturated heterocycles. The first-order valence-corrected chi connectivity index (χ1v) is 15.6. The summed E-state index contributed by atoms with van der Waals surface area (Å²) in [6.07, 6.45) is 0. The van der Waals surface area contributed by atoms with Gasteiger partial charge in [0.05, 0.1) is 10.8 Å². The molecule has 2 unspecified atom stereocenters. The topological polar surface area (TPSA) is 0 Å². The van der Waals surface area contributed by atoms with Crippen molar-refractivity contribution < 1.29 is 4.39 Å². The van der Waals surface area contributed by atoms with Crippen LogP contribution in [0.2, 0.25) is 0 Å². The van der Waals surface area contributed by atoms with Crippen molar-refractivity contribution in [1.29, 1.82) is 0 Å². The molecule has 0 aromatic heterocycles. The van der Waals surface area contributed by atoms with E-state index in [-0.39, 0.29) is 5.82 Å². The minimum atomic E-state index is -0.598. The van der Waals surface area contributed by atoms with Gasteiger partial charge in [0, 0.05) is 0 Å². The maximum absolute atomic E-state index is 14.0. The van der Waals surface area contributed by atoms with Crippen LogP contribution in [-0.2, 0) is 10.8 Å². The Morgan fingerprint density at radius 2 is 0.844 bits per heavy atom. The van der Waals surface area contributed by atoms with Crippen molar-refractivity contribution >= 4 is 0 Å². The summed E-state index contributed by atoms with van der Waals surface area (Å²) < 4.78 is 14.0. The van der Waals surface area contributed by atoms with E-state index in [1.165, 1.54) is 55.6 Å². The second-order valence-electron chi connectivity index (χ2n) is 12.1. The Hall–Kier alpha value is -5.53. The molecule has 9 rings (SSSR count). The minimum Gasteiger partial charge on any atom is -0.207 e. The fraction of sp³-hybridized carbons (Fsp3) is 0.0455. The van der Waals surface area contributed by atoms with Crippen LogP contribution in [0.25, 0.3) is 22.3 Å². The van der Waals surface area contributed by atoms with E-state index in [1.807, 2.05) is 12.1 Å². The fourth-order valence-electron chi connectivity index (χ4n) is 8.43. The maximum atomic E-state index is 14.0. The molecule has 0 aliphatic heterocycles. The van der Waals surface area contributed by atoms with Gasteiger partial charge in [0.1, 0.15) is 5.82 Å². The molecule has 0 saturated carbocycles. The summed E-state index contributed by atoms with van der Waals surface area (Å²) in [7, 11) is 0. The van der Waals surface area contributed by atoms with Crippen molar-refractivity contribution in [3.05, 3.63) is 226 Å². The van der Waals surface area contributed by atoms with Crippen LogP contribution in [0.1, 0.15) is 44.5 Å². The Bertz CT molecular complexity index is 2220. The van der Waals surface area contributed by atoms with Gasteiger partial charge in [0.15, 0.2) is 0 Å². The van der Waals surface area contributed by atoms with Crippen LogP contribution >= 0.6 is 0 Å². The van der Waals surface area contributed by atoms with Crippen LogP contribution in [0.15, 0.2) is 176 Å². The highest BCUT2D eigenvalue weighted by Gasteiger charge is 2.57. The van der Waals surface area contributed by atoms with Gasteiger partial charge in [-0.2, -0.15) is 0 Å². The highest BCUT2D eigenvalue weighted by molar-refractivity contribution is 5.91. The van der Waals surface area contributed by atoms with E-state index in [2.05, 4.69) is 152 Å². The first kappa shape index (κ1) is 25.9. The lowest BCUT2D eigenvalue weighted by molar-refractivity contribution is 0.626. The molecule has 0 heterocycles. The molecule has 0 bridgehead atoms. The van der Waals surface area contributed by atoms with Gasteiger partial charge in [-0.05, 0) is 85.0 Å². The molecule has 2 aliphatic rings. The second kappa shape index (κ2) is 9.74. The van der Waals surface area contributed by atoms with E-state index in [4.69, 9.17) is 0 Å². The fourth-order valence-corrected chi connectivity index (χ4v) is 8.43. The SMILES string of the molecule is Fc1ccc(-c2cccc(C3(c4ccccc4)c4ccccc4C4(c5ccccc5)c5ccccc5-c5cccc3c54)c2)cc1. The summed E-state index contributed by atoms with van der Waals surface area (Å²) in [5, 5.41) is 0. The lowest BCUT2D eigenvalue weighted by atomic mass is 9.51. The summed E-state index contributed by atoms with van der Waals surface area (Å²) in [4.78, 5) is 0. The Morgan fingerprint density at radius 3 is 1.56 bits per heavy atom. The van der Waals surface area contributed by atoms with E-state index < -0.39 is 10.8 Å². The van der Waals surface area contributed by atoms with Gasteiger partial charge < -0.3 is 0 Å². The van der Waals surface area contributed by atoms with Gasteiger partial charge in [0.25, 0.3) is 0 Å². The summed E-state index contributed by atoms with van der Waals surface area (Å²) >= 11 is 0. The molecular weight excluding hydrogens is 547 g/mol. The third-order valence-corrected chi connectivity index (χ3v) is 10.1. The second-order valence-corrected chi connectivity index (χ2v) is 12.1. The number of benzene rings is 7.